The van der Waals surface area contributed by atoms with E-state index in [1.54, 1.807) is 0 Å². The van der Waals surface area contributed by atoms with Crippen LogP contribution in [0.25, 0.3) is 0 Å². The second-order valence-electron chi connectivity index (χ2n) is 7.47. The maximum absolute atomic E-state index is 13.2. The Labute approximate surface area is 177 Å². The van der Waals surface area contributed by atoms with Crippen LogP contribution in [0.15, 0.2) is 29.3 Å². The van der Waals surface area contributed by atoms with E-state index in [0.29, 0.717) is 13.1 Å². The molecule has 1 aliphatic carbocycles. The van der Waals surface area contributed by atoms with Crippen molar-refractivity contribution in [1.82, 2.24) is 10.2 Å². The van der Waals surface area contributed by atoms with Gasteiger partial charge in [0.25, 0.3) is 0 Å². The first-order valence-electron chi connectivity index (χ1n) is 9.36. The number of ether oxygens (including phenoxy) is 1. The molecule has 5 nitrogen and oxygen atoms in total. The summed E-state index contributed by atoms with van der Waals surface area (Å²) in [6.07, 6.45) is 2.14. The second kappa shape index (κ2) is 9.21. The van der Waals surface area contributed by atoms with Crippen LogP contribution in [0.1, 0.15) is 32.3 Å². The van der Waals surface area contributed by atoms with Crippen LogP contribution in [0.3, 0.4) is 0 Å². The van der Waals surface area contributed by atoms with Crippen LogP contribution in [-0.2, 0) is 14.9 Å². The van der Waals surface area contributed by atoms with Gasteiger partial charge in [-0.15, -0.1) is 24.0 Å². The van der Waals surface area contributed by atoms with E-state index in [2.05, 4.69) is 17.1 Å². The zero-order chi connectivity index (χ0) is 18.7. The average molecular weight is 489 g/mol. The highest BCUT2D eigenvalue weighted by Crippen LogP contribution is 2.48. The Morgan fingerprint density at radius 3 is 2.56 bits per heavy atom. The minimum absolute atomic E-state index is 0. The van der Waals surface area contributed by atoms with Crippen LogP contribution < -0.4 is 5.32 Å². The summed E-state index contributed by atoms with van der Waals surface area (Å²) in [5, 5.41) is 3.35. The molecule has 0 radical (unpaired) electrons. The molecule has 1 aliphatic heterocycles. The molecular formula is C20H29FIN3O2. The fraction of sp³-hybridized carbons (Fsp3) is 0.600. The van der Waals surface area contributed by atoms with Gasteiger partial charge in [-0.1, -0.05) is 19.1 Å². The van der Waals surface area contributed by atoms with Crippen LogP contribution in [0, 0.1) is 17.7 Å². The van der Waals surface area contributed by atoms with Crippen LogP contribution >= 0.6 is 24.0 Å². The van der Waals surface area contributed by atoms with E-state index in [1.807, 2.05) is 19.1 Å². The molecule has 1 saturated heterocycles. The average Bonchev–Trinajstić information content (AvgIpc) is 3.33. The number of nitrogens with zero attached hydrogens (tertiary/aromatic N) is 2. The third-order valence-corrected chi connectivity index (χ3v) is 5.59. The van der Waals surface area contributed by atoms with Crippen molar-refractivity contribution >= 4 is 35.9 Å². The number of methoxy groups -OCH3 is 1. The van der Waals surface area contributed by atoms with Gasteiger partial charge < -0.3 is 15.0 Å². The van der Waals surface area contributed by atoms with Gasteiger partial charge in [0.05, 0.1) is 19.6 Å². The Bertz CT molecular complexity index is 676. The number of esters is 1. The number of aliphatic imine (C=N–C) groups is 1. The van der Waals surface area contributed by atoms with Crippen LogP contribution in [0.4, 0.5) is 4.39 Å². The minimum atomic E-state index is -0.207. The number of hydrogen-bond acceptors (Lipinski definition) is 3. The number of halogens is 2. The van der Waals surface area contributed by atoms with Crippen molar-refractivity contribution in [2.75, 3.05) is 33.3 Å². The van der Waals surface area contributed by atoms with Gasteiger partial charge in [0.15, 0.2) is 5.96 Å². The van der Waals surface area contributed by atoms with Gasteiger partial charge in [-0.3, -0.25) is 9.79 Å². The normalized spacial score (nSPS) is 23.6. The van der Waals surface area contributed by atoms with Crippen molar-refractivity contribution in [2.45, 2.75) is 32.1 Å². The summed E-state index contributed by atoms with van der Waals surface area (Å²) in [6, 6.07) is 6.78. The fourth-order valence-corrected chi connectivity index (χ4v) is 3.74. The van der Waals surface area contributed by atoms with Crippen molar-refractivity contribution in [1.29, 1.82) is 0 Å². The molecule has 2 atom stereocenters. The first kappa shape index (κ1) is 21.9. The summed E-state index contributed by atoms with van der Waals surface area (Å²) < 4.78 is 18.1. The summed E-state index contributed by atoms with van der Waals surface area (Å²) in [5.41, 5.74) is 1.18. The standard InChI is InChI=1S/C20H28FN3O2.HI/c1-4-22-19(24-11-14(2)17(12-24)18(25)26-3)23-13-20(9-10-20)15-5-7-16(21)8-6-15;/h5-8,14,17H,4,9-13H2,1-3H3,(H,22,23);1H. The number of likely N-dealkylation sites (tertiary alicyclic amines) is 1. The molecule has 2 unspecified atom stereocenters. The lowest BCUT2D eigenvalue weighted by Gasteiger charge is -2.23. The number of guanidine groups is 1. The molecule has 2 aliphatic rings. The van der Waals surface area contributed by atoms with Crippen molar-refractivity contribution in [3.05, 3.63) is 35.6 Å². The lowest BCUT2D eigenvalue weighted by atomic mass is 9.96. The molecule has 1 saturated carbocycles. The lowest BCUT2D eigenvalue weighted by Crippen LogP contribution is -2.41. The largest absolute Gasteiger partial charge is 0.469 e. The van der Waals surface area contributed by atoms with E-state index in [4.69, 9.17) is 9.73 Å². The molecule has 1 aromatic carbocycles. The number of hydrogen-bond donors (Lipinski definition) is 1. The summed E-state index contributed by atoms with van der Waals surface area (Å²) in [4.78, 5) is 19.0. The quantitative estimate of drug-likeness (QED) is 0.299. The van der Waals surface area contributed by atoms with Gasteiger partial charge in [-0.05, 0) is 43.4 Å². The van der Waals surface area contributed by atoms with Crippen molar-refractivity contribution < 1.29 is 13.9 Å². The molecule has 1 N–H and O–H groups in total. The molecule has 0 spiro atoms. The summed E-state index contributed by atoms with van der Waals surface area (Å²) in [6.45, 7) is 6.98. The van der Waals surface area contributed by atoms with Gasteiger partial charge in [-0.25, -0.2) is 4.39 Å². The molecule has 1 heterocycles. The van der Waals surface area contributed by atoms with Gasteiger partial charge >= 0.3 is 5.97 Å². The molecule has 0 amide bonds. The number of benzene rings is 1. The third kappa shape index (κ3) is 4.92. The van der Waals surface area contributed by atoms with Gasteiger partial charge in [0.1, 0.15) is 5.82 Å². The third-order valence-electron chi connectivity index (χ3n) is 5.59. The first-order valence-corrected chi connectivity index (χ1v) is 9.36. The Morgan fingerprint density at radius 1 is 1.33 bits per heavy atom. The fourth-order valence-electron chi connectivity index (χ4n) is 3.74. The topological polar surface area (TPSA) is 53.9 Å². The number of rotatable bonds is 5. The Morgan fingerprint density at radius 2 is 2.00 bits per heavy atom. The molecule has 1 aromatic rings. The maximum atomic E-state index is 13.2. The van der Waals surface area contributed by atoms with Crippen LogP contribution in [-0.4, -0.2) is 50.1 Å². The van der Waals surface area contributed by atoms with Crippen molar-refractivity contribution in [2.24, 2.45) is 16.8 Å². The van der Waals surface area contributed by atoms with Gasteiger partial charge in [0.2, 0.25) is 0 Å². The Kier molecular flexibility index (Phi) is 7.47. The Hall–Kier alpha value is -1.38. The molecule has 0 bridgehead atoms. The lowest BCUT2D eigenvalue weighted by molar-refractivity contribution is -0.145. The number of carbonyl (C=O) groups is 1. The first-order chi connectivity index (χ1) is 12.5. The highest BCUT2D eigenvalue weighted by molar-refractivity contribution is 14.0. The van der Waals surface area contributed by atoms with Crippen molar-refractivity contribution in [3.63, 3.8) is 0 Å². The number of nitrogens with one attached hydrogen (secondary N) is 1. The molecule has 27 heavy (non-hydrogen) atoms. The SMILES string of the molecule is CCNC(=NCC1(c2ccc(F)cc2)CC1)N1CC(C)C(C(=O)OC)C1.I. The highest BCUT2D eigenvalue weighted by atomic mass is 127. The van der Waals surface area contributed by atoms with E-state index < -0.39 is 0 Å². The summed E-state index contributed by atoms with van der Waals surface area (Å²) in [7, 11) is 1.44. The molecular weight excluding hydrogens is 460 g/mol. The zero-order valence-corrected chi connectivity index (χ0v) is 18.5. The Balaban J connectivity index is 0.00000261. The molecule has 0 aromatic heterocycles. The predicted octanol–water partition coefficient (Wildman–Crippen LogP) is 3.18. The number of carbonyl (C=O) groups excluding carboxylic acids is 1. The van der Waals surface area contributed by atoms with Gasteiger partial charge in [0, 0.05) is 25.0 Å². The van der Waals surface area contributed by atoms with Crippen molar-refractivity contribution in [3.8, 4) is 0 Å². The minimum Gasteiger partial charge on any atom is -0.469 e. The van der Waals surface area contributed by atoms with E-state index in [-0.39, 0.29) is 53.0 Å². The monoisotopic (exact) mass is 489 g/mol. The molecule has 2 fully saturated rings. The maximum Gasteiger partial charge on any atom is 0.310 e. The van der Waals surface area contributed by atoms with E-state index in [0.717, 1.165) is 37.5 Å². The van der Waals surface area contributed by atoms with Gasteiger partial charge in [-0.2, -0.15) is 0 Å². The summed E-state index contributed by atoms with van der Waals surface area (Å²) >= 11 is 0. The molecule has 3 rings (SSSR count). The zero-order valence-electron chi connectivity index (χ0n) is 16.2. The molecule has 150 valence electrons. The van der Waals surface area contributed by atoms with E-state index in [9.17, 15) is 9.18 Å². The smallest absolute Gasteiger partial charge is 0.310 e. The van der Waals surface area contributed by atoms with Crippen LogP contribution in [0.5, 0.6) is 0 Å². The van der Waals surface area contributed by atoms with E-state index >= 15 is 0 Å². The highest BCUT2D eigenvalue weighted by Gasteiger charge is 2.44. The second-order valence-corrected chi connectivity index (χ2v) is 7.47. The van der Waals surface area contributed by atoms with Crippen LogP contribution in [0.2, 0.25) is 0 Å². The predicted molar refractivity (Wildman–Crippen MR) is 115 cm³/mol. The summed E-state index contributed by atoms with van der Waals surface area (Å²) in [5.74, 6) is 0.607. The van der Waals surface area contributed by atoms with E-state index in [1.165, 1.54) is 19.2 Å². The molecule has 7 heteroatoms.